The highest BCUT2D eigenvalue weighted by Gasteiger charge is 2.27. The van der Waals surface area contributed by atoms with E-state index in [0.29, 0.717) is 35.1 Å². The van der Waals surface area contributed by atoms with Gasteiger partial charge in [-0.2, -0.15) is 5.10 Å². The van der Waals surface area contributed by atoms with Crippen molar-refractivity contribution in [2.75, 3.05) is 24.2 Å². The van der Waals surface area contributed by atoms with Crippen molar-refractivity contribution in [3.8, 4) is 17.2 Å². The van der Waals surface area contributed by atoms with Gasteiger partial charge in [0.05, 0.1) is 23.4 Å². The highest BCUT2D eigenvalue weighted by Crippen LogP contribution is 2.32. The van der Waals surface area contributed by atoms with Crippen molar-refractivity contribution < 1.29 is 27.4 Å². The van der Waals surface area contributed by atoms with Crippen molar-refractivity contribution in [1.82, 2.24) is 5.43 Å². The van der Waals surface area contributed by atoms with E-state index in [2.05, 4.69) is 10.5 Å². The van der Waals surface area contributed by atoms with Gasteiger partial charge in [0, 0.05) is 0 Å². The molecule has 0 unspecified atom stereocenters. The largest absolute Gasteiger partial charge is 0.494 e. The van der Waals surface area contributed by atoms with Crippen LogP contribution in [0.2, 0.25) is 0 Å². The first kappa shape index (κ1) is 23.1. The number of anilines is 1. The summed E-state index contributed by atoms with van der Waals surface area (Å²) in [6, 6.07) is 19.7. The molecular weight excluding hydrogens is 458 g/mol. The SMILES string of the molecule is CCOc1ccc(S(=O)(=O)N(CC(=O)N/N=C\c2ccc3c(c2)OCO3)c2ccccc2)cc1. The number of ether oxygens (including phenoxy) is 3. The third-order valence-electron chi connectivity index (χ3n) is 4.85. The molecule has 176 valence electrons. The average Bonchev–Trinajstić information content (AvgIpc) is 3.32. The number of sulfonamides is 1. The maximum atomic E-state index is 13.4. The van der Waals surface area contributed by atoms with Crippen molar-refractivity contribution in [3.05, 3.63) is 78.4 Å². The van der Waals surface area contributed by atoms with E-state index in [9.17, 15) is 13.2 Å². The Hall–Kier alpha value is -4.05. The zero-order valence-electron chi connectivity index (χ0n) is 18.4. The fourth-order valence-electron chi connectivity index (χ4n) is 3.25. The fourth-order valence-corrected chi connectivity index (χ4v) is 4.67. The molecule has 1 amide bonds. The molecular formula is C24H23N3O6S. The molecule has 0 fully saturated rings. The van der Waals surface area contributed by atoms with Gasteiger partial charge in [0.1, 0.15) is 12.3 Å². The molecule has 0 aromatic heterocycles. The van der Waals surface area contributed by atoms with E-state index >= 15 is 0 Å². The van der Waals surface area contributed by atoms with Gasteiger partial charge < -0.3 is 14.2 Å². The summed E-state index contributed by atoms with van der Waals surface area (Å²) in [4.78, 5) is 12.7. The van der Waals surface area contributed by atoms with Crippen LogP contribution in [0.3, 0.4) is 0 Å². The van der Waals surface area contributed by atoms with Crippen molar-refractivity contribution in [3.63, 3.8) is 0 Å². The lowest BCUT2D eigenvalue weighted by molar-refractivity contribution is -0.119. The van der Waals surface area contributed by atoms with Crippen molar-refractivity contribution in [1.29, 1.82) is 0 Å². The summed E-state index contributed by atoms with van der Waals surface area (Å²) < 4.78 is 43.8. The van der Waals surface area contributed by atoms with Crippen LogP contribution in [0.15, 0.2) is 82.8 Å². The molecule has 9 nitrogen and oxygen atoms in total. The molecule has 10 heteroatoms. The van der Waals surface area contributed by atoms with Gasteiger partial charge in [0.15, 0.2) is 11.5 Å². The number of hydrogen-bond acceptors (Lipinski definition) is 7. The zero-order chi connectivity index (χ0) is 24.0. The second-order valence-corrected chi connectivity index (χ2v) is 9.02. The summed E-state index contributed by atoms with van der Waals surface area (Å²) in [5, 5.41) is 3.94. The van der Waals surface area contributed by atoms with Gasteiger partial charge in [-0.25, -0.2) is 13.8 Å². The van der Waals surface area contributed by atoms with E-state index in [0.717, 1.165) is 4.31 Å². The molecule has 1 N–H and O–H groups in total. The molecule has 0 atom stereocenters. The van der Waals surface area contributed by atoms with Crippen LogP contribution in [-0.2, 0) is 14.8 Å². The van der Waals surface area contributed by atoms with Crippen LogP contribution >= 0.6 is 0 Å². The monoisotopic (exact) mass is 481 g/mol. The maximum absolute atomic E-state index is 13.4. The molecule has 0 bridgehead atoms. The third-order valence-corrected chi connectivity index (χ3v) is 6.64. The van der Waals surface area contributed by atoms with Crippen molar-refractivity contribution >= 4 is 27.8 Å². The number of carbonyl (C=O) groups excluding carboxylic acids is 1. The number of nitrogens with one attached hydrogen (secondary N) is 1. The summed E-state index contributed by atoms with van der Waals surface area (Å²) in [7, 11) is -4.03. The first-order valence-electron chi connectivity index (χ1n) is 10.5. The molecule has 0 radical (unpaired) electrons. The number of fused-ring (bicyclic) bond motifs is 1. The van der Waals surface area contributed by atoms with Gasteiger partial charge in [-0.1, -0.05) is 18.2 Å². The van der Waals surface area contributed by atoms with Crippen LogP contribution in [-0.4, -0.2) is 40.5 Å². The molecule has 0 saturated carbocycles. The van der Waals surface area contributed by atoms with Crippen LogP contribution in [0.25, 0.3) is 0 Å². The lowest BCUT2D eigenvalue weighted by Crippen LogP contribution is -2.39. The Bertz CT molecular complexity index is 1280. The minimum atomic E-state index is -4.03. The number of hydrazone groups is 1. The number of benzene rings is 3. The molecule has 4 rings (SSSR count). The van der Waals surface area contributed by atoms with Crippen LogP contribution in [0.4, 0.5) is 5.69 Å². The van der Waals surface area contributed by atoms with Gasteiger partial charge >= 0.3 is 0 Å². The average molecular weight is 482 g/mol. The van der Waals surface area contributed by atoms with E-state index in [-0.39, 0.29) is 11.7 Å². The number of rotatable bonds is 9. The van der Waals surface area contributed by atoms with Crippen LogP contribution in [0.5, 0.6) is 17.2 Å². The summed E-state index contributed by atoms with van der Waals surface area (Å²) >= 11 is 0. The smallest absolute Gasteiger partial charge is 0.264 e. The first-order valence-corrected chi connectivity index (χ1v) is 11.9. The molecule has 1 aliphatic heterocycles. The Morgan fingerprint density at radius 1 is 1.06 bits per heavy atom. The topological polar surface area (TPSA) is 107 Å². The molecule has 1 aliphatic rings. The summed E-state index contributed by atoms with van der Waals surface area (Å²) in [6.45, 7) is 2.01. The minimum Gasteiger partial charge on any atom is -0.494 e. The molecule has 3 aromatic carbocycles. The molecule has 34 heavy (non-hydrogen) atoms. The molecule has 0 aliphatic carbocycles. The van der Waals surface area contributed by atoms with Gasteiger partial charge in [-0.3, -0.25) is 9.10 Å². The number of hydrogen-bond donors (Lipinski definition) is 1. The zero-order valence-corrected chi connectivity index (χ0v) is 19.2. The predicted molar refractivity (Wildman–Crippen MR) is 127 cm³/mol. The van der Waals surface area contributed by atoms with E-state index < -0.39 is 22.5 Å². The van der Waals surface area contributed by atoms with E-state index in [1.165, 1.54) is 18.3 Å². The lowest BCUT2D eigenvalue weighted by atomic mass is 10.2. The Labute approximate surface area is 197 Å². The quantitative estimate of drug-likeness (QED) is 0.372. The normalized spacial score (nSPS) is 12.5. The van der Waals surface area contributed by atoms with Crippen molar-refractivity contribution in [2.24, 2.45) is 5.10 Å². The van der Waals surface area contributed by atoms with E-state index in [1.54, 1.807) is 60.7 Å². The number of carbonyl (C=O) groups is 1. The minimum absolute atomic E-state index is 0.0384. The predicted octanol–water partition coefficient (Wildman–Crippen LogP) is 3.16. The molecule has 0 saturated heterocycles. The number of para-hydroxylation sites is 1. The van der Waals surface area contributed by atoms with Gasteiger partial charge in [-0.15, -0.1) is 0 Å². The van der Waals surface area contributed by atoms with Gasteiger partial charge in [0.2, 0.25) is 6.79 Å². The highest BCUT2D eigenvalue weighted by molar-refractivity contribution is 7.92. The summed E-state index contributed by atoms with van der Waals surface area (Å²) in [5.41, 5.74) is 3.42. The standard InChI is InChI=1S/C24H23N3O6S/c1-2-31-20-9-11-21(12-10-20)34(29,30)27(19-6-4-3-5-7-19)16-24(28)26-25-15-18-8-13-22-23(14-18)33-17-32-22/h3-15H,2,16-17H2,1H3,(H,26,28)/b25-15-. The van der Waals surface area contributed by atoms with Gasteiger partial charge in [-0.05, 0) is 67.1 Å². The third kappa shape index (κ3) is 5.29. The first-order chi connectivity index (χ1) is 16.5. The second kappa shape index (κ2) is 10.3. The lowest BCUT2D eigenvalue weighted by Gasteiger charge is -2.23. The number of amides is 1. The van der Waals surface area contributed by atoms with E-state index in [4.69, 9.17) is 14.2 Å². The molecule has 0 spiro atoms. The van der Waals surface area contributed by atoms with Crippen LogP contribution < -0.4 is 23.9 Å². The van der Waals surface area contributed by atoms with Gasteiger partial charge in [0.25, 0.3) is 15.9 Å². The van der Waals surface area contributed by atoms with Crippen molar-refractivity contribution in [2.45, 2.75) is 11.8 Å². The van der Waals surface area contributed by atoms with E-state index in [1.807, 2.05) is 6.92 Å². The second-order valence-electron chi connectivity index (χ2n) is 7.16. The summed E-state index contributed by atoms with van der Waals surface area (Å²) in [5.74, 6) is 1.19. The molecule has 1 heterocycles. The van der Waals surface area contributed by atoms with Crippen LogP contribution in [0.1, 0.15) is 12.5 Å². The summed E-state index contributed by atoms with van der Waals surface area (Å²) in [6.07, 6.45) is 1.44. The van der Waals surface area contributed by atoms with Crippen LogP contribution in [0, 0.1) is 0 Å². The fraction of sp³-hybridized carbons (Fsp3) is 0.167. The number of nitrogens with zero attached hydrogens (tertiary/aromatic N) is 2. The molecule has 3 aromatic rings. The Kier molecular flexibility index (Phi) is 6.98. The maximum Gasteiger partial charge on any atom is 0.264 e. The highest BCUT2D eigenvalue weighted by atomic mass is 32.2. The Morgan fingerprint density at radius 2 is 1.79 bits per heavy atom. The Morgan fingerprint density at radius 3 is 2.53 bits per heavy atom. The Balaban J connectivity index is 1.50.